The fourth-order valence-corrected chi connectivity index (χ4v) is 1.53. The van der Waals surface area contributed by atoms with E-state index in [1.54, 1.807) is 0 Å². The van der Waals surface area contributed by atoms with E-state index in [0.717, 1.165) is 37.2 Å². The maximum absolute atomic E-state index is 12.3. The molecule has 0 aliphatic rings. The standard InChI is InChI=1S/C14H18F3N/c1-2-18-11-5-3-4-6-12-7-9-13(10-8-12)14(15,16)17/h3-4,7-10,18H,2,5-6,11H2,1H3. The predicted octanol–water partition coefficient (Wildman–Crippen LogP) is 3.80. The molecule has 100 valence electrons. The lowest BCUT2D eigenvalue weighted by molar-refractivity contribution is -0.137. The summed E-state index contributed by atoms with van der Waals surface area (Å²) in [7, 11) is 0. The summed E-state index contributed by atoms with van der Waals surface area (Å²) in [5.74, 6) is 0. The first-order valence-corrected chi connectivity index (χ1v) is 6.06. The number of benzene rings is 1. The van der Waals surface area contributed by atoms with Gasteiger partial charge in [0.1, 0.15) is 0 Å². The molecule has 0 aromatic heterocycles. The first kappa shape index (κ1) is 14.8. The minimum Gasteiger partial charge on any atom is -0.317 e. The van der Waals surface area contributed by atoms with E-state index in [1.165, 1.54) is 12.1 Å². The number of halogens is 3. The van der Waals surface area contributed by atoms with Crippen molar-refractivity contribution in [2.75, 3.05) is 13.1 Å². The van der Waals surface area contributed by atoms with Crippen LogP contribution in [0.3, 0.4) is 0 Å². The van der Waals surface area contributed by atoms with Crippen LogP contribution < -0.4 is 5.32 Å². The summed E-state index contributed by atoms with van der Waals surface area (Å²) in [4.78, 5) is 0. The van der Waals surface area contributed by atoms with Gasteiger partial charge in [-0.1, -0.05) is 31.2 Å². The first-order chi connectivity index (χ1) is 8.54. The van der Waals surface area contributed by atoms with Gasteiger partial charge in [-0.05, 0) is 43.6 Å². The molecule has 0 aliphatic carbocycles. The maximum atomic E-state index is 12.3. The summed E-state index contributed by atoms with van der Waals surface area (Å²) in [6.45, 7) is 3.93. The van der Waals surface area contributed by atoms with E-state index < -0.39 is 11.7 Å². The number of allylic oxidation sites excluding steroid dienone is 1. The number of hydrogen-bond acceptors (Lipinski definition) is 1. The second kappa shape index (κ2) is 7.21. The monoisotopic (exact) mass is 257 g/mol. The Labute approximate surface area is 106 Å². The molecular weight excluding hydrogens is 239 g/mol. The first-order valence-electron chi connectivity index (χ1n) is 6.06. The minimum absolute atomic E-state index is 0.595. The molecule has 0 unspecified atom stereocenters. The average Bonchev–Trinajstić information content (AvgIpc) is 2.33. The molecule has 0 spiro atoms. The Morgan fingerprint density at radius 1 is 1.11 bits per heavy atom. The summed E-state index contributed by atoms with van der Waals surface area (Å²) in [6, 6.07) is 5.30. The van der Waals surface area contributed by atoms with Gasteiger partial charge in [0.25, 0.3) is 0 Å². The highest BCUT2D eigenvalue weighted by Crippen LogP contribution is 2.29. The van der Waals surface area contributed by atoms with Crippen LogP contribution >= 0.6 is 0 Å². The van der Waals surface area contributed by atoms with Gasteiger partial charge in [0.05, 0.1) is 5.56 Å². The van der Waals surface area contributed by atoms with Crippen LogP contribution in [-0.2, 0) is 12.6 Å². The molecule has 0 saturated heterocycles. The molecule has 18 heavy (non-hydrogen) atoms. The van der Waals surface area contributed by atoms with Crippen molar-refractivity contribution in [3.63, 3.8) is 0 Å². The zero-order valence-electron chi connectivity index (χ0n) is 10.4. The third-order valence-corrected chi connectivity index (χ3v) is 2.54. The summed E-state index contributed by atoms with van der Waals surface area (Å²) in [5.41, 5.74) is 0.296. The number of alkyl halides is 3. The van der Waals surface area contributed by atoms with Crippen LogP contribution in [0.2, 0.25) is 0 Å². The van der Waals surface area contributed by atoms with E-state index >= 15 is 0 Å². The molecule has 1 nitrogen and oxygen atoms in total. The molecule has 1 aromatic carbocycles. The second-order valence-electron chi connectivity index (χ2n) is 4.01. The van der Waals surface area contributed by atoms with E-state index in [1.807, 2.05) is 19.1 Å². The average molecular weight is 257 g/mol. The lowest BCUT2D eigenvalue weighted by Gasteiger charge is -2.06. The maximum Gasteiger partial charge on any atom is 0.416 e. The van der Waals surface area contributed by atoms with Crippen LogP contribution in [0.25, 0.3) is 0 Å². The molecule has 1 aromatic rings. The lowest BCUT2D eigenvalue weighted by Crippen LogP contribution is -2.12. The van der Waals surface area contributed by atoms with Crippen LogP contribution in [0.4, 0.5) is 13.2 Å². The fourth-order valence-electron chi connectivity index (χ4n) is 1.53. The van der Waals surface area contributed by atoms with Gasteiger partial charge in [0, 0.05) is 0 Å². The van der Waals surface area contributed by atoms with Gasteiger partial charge in [0.2, 0.25) is 0 Å². The van der Waals surface area contributed by atoms with Gasteiger partial charge >= 0.3 is 6.18 Å². The summed E-state index contributed by atoms with van der Waals surface area (Å²) in [6.07, 6.45) is 1.39. The molecule has 1 N–H and O–H groups in total. The quantitative estimate of drug-likeness (QED) is 0.603. The second-order valence-corrected chi connectivity index (χ2v) is 4.01. The largest absolute Gasteiger partial charge is 0.416 e. The third kappa shape index (κ3) is 5.36. The molecule has 0 bridgehead atoms. The Bertz CT molecular complexity index is 366. The van der Waals surface area contributed by atoms with Crippen LogP contribution in [0.1, 0.15) is 24.5 Å². The molecule has 0 atom stereocenters. The lowest BCUT2D eigenvalue weighted by atomic mass is 10.1. The Hall–Kier alpha value is -1.29. The van der Waals surface area contributed by atoms with Crippen molar-refractivity contribution in [3.05, 3.63) is 47.5 Å². The molecule has 0 radical (unpaired) electrons. The van der Waals surface area contributed by atoms with Crippen LogP contribution in [0, 0.1) is 0 Å². The predicted molar refractivity (Wildman–Crippen MR) is 67.4 cm³/mol. The normalized spacial score (nSPS) is 12.2. The van der Waals surface area contributed by atoms with Gasteiger partial charge < -0.3 is 5.32 Å². The zero-order valence-corrected chi connectivity index (χ0v) is 10.4. The molecule has 0 aliphatic heterocycles. The van der Waals surface area contributed by atoms with Gasteiger partial charge in [-0.25, -0.2) is 0 Å². The highest BCUT2D eigenvalue weighted by molar-refractivity contribution is 5.25. The van der Waals surface area contributed by atoms with Crippen LogP contribution in [0.5, 0.6) is 0 Å². The van der Waals surface area contributed by atoms with Crippen molar-refractivity contribution >= 4 is 0 Å². The zero-order chi connectivity index (χ0) is 13.4. The van der Waals surface area contributed by atoms with Crippen molar-refractivity contribution in [2.45, 2.75) is 25.9 Å². The molecule has 4 heteroatoms. The van der Waals surface area contributed by atoms with Crippen LogP contribution in [0.15, 0.2) is 36.4 Å². The van der Waals surface area contributed by atoms with Crippen molar-refractivity contribution in [1.82, 2.24) is 5.32 Å². The van der Waals surface area contributed by atoms with Crippen LogP contribution in [-0.4, -0.2) is 13.1 Å². The van der Waals surface area contributed by atoms with Crippen molar-refractivity contribution in [2.24, 2.45) is 0 Å². The van der Waals surface area contributed by atoms with Gasteiger partial charge in [-0.3, -0.25) is 0 Å². The summed E-state index contributed by atoms with van der Waals surface area (Å²) in [5, 5.41) is 3.19. The molecular formula is C14H18F3N. The topological polar surface area (TPSA) is 12.0 Å². The number of nitrogens with one attached hydrogen (secondary N) is 1. The third-order valence-electron chi connectivity index (χ3n) is 2.54. The molecule has 0 heterocycles. The SMILES string of the molecule is CCNCCC=CCc1ccc(C(F)(F)F)cc1. The summed E-state index contributed by atoms with van der Waals surface area (Å²) >= 11 is 0. The number of hydrogen-bond donors (Lipinski definition) is 1. The smallest absolute Gasteiger partial charge is 0.317 e. The van der Waals surface area contributed by atoms with Gasteiger partial charge in [-0.2, -0.15) is 13.2 Å². The van der Waals surface area contributed by atoms with Crippen molar-refractivity contribution in [3.8, 4) is 0 Å². The minimum atomic E-state index is -4.25. The molecule has 0 fully saturated rings. The van der Waals surface area contributed by atoms with Crippen molar-refractivity contribution < 1.29 is 13.2 Å². The Morgan fingerprint density at radius 2 is 1.78 bits per heavy atom. The summed E-state index contributed by atoms with van der Waals surface area (Å²) < 4.78 is 37.0. The molecule has 1 rings (SSSR count). The molecule has 0 amide bonds. The van der Waals surface area contributed by atoms with Gasteiger partial charge in [-0.15, -0.1) is 0 Å². The number of rotatable bonds is 6. The Balaban J connectivity index is 2.40. The van der Waals surface area contributed by atoms with Crippen molar-refractivity contribution in [1.29, 1.82) is 0 Å². The van der Waals surface area contributed by atoms with E-state index in [0.29, 0.717) is 6.42 Å². The van der Waals surface area contributed by atoms with E-state index in [-0.39, 0.29) is 0 Å². The van der Waals surface area contributed by atoms with E-state index in [9.17, 15) is 13.2 Å². The highest BCUT2D eigenvalue weighted by atomic mass is 19.4. The fraction of sp³-hybridized carbons (Fsp3) is 0.429. The Morgan fingerprint density at radius 3 is 2.33 bits per heavy atom. The van der Waals surface area contributed by atoms with E-state index in [2.05, 4.69) is 5.32 Å². The Kier molecular flexibility index (Phi) is 5.92. The van der Waals surface area contributed by atoms with Gasteiger partial charge in [0.15, 0.2) is 0 Å². The molecule has 0 saturated carbocycles. The van der Waals surface area contributed by atoms with E-state index in [4.69, 9.17) is 0 Å². The highest BCUT2D eigenvalue weighted by Gasteiger charge is 2.29.